The summed E-state index contributed by atoms with van der Waals surface area (Å²) in [5.74, 6) is 0.591. The molecule has 2 aromatic rings. The minimum atomic E-state index is -0.0419. The van der Waals surface area contributed by atoms with Crippen molar-refractivity contribution in [2.75, 3.05) is 12.3 Å². The van der Waals surface area contributed by atoms with Gasteiger partial charge in [-0.1, -0.05) is 17.7 Å². The van der Waals surface area contributed by atoms with Crippen molar-refractivity contribution < 1.29 is 9.53 Å². The summed E-state index contributed by atoms with van der Waals surface area (Å²) in [4.78, 5) is 13.9. The van der Waals surface area contributed by atoms with Crippen molar-refractivity contribution in [1.29, 1.82) is 0 Å². The van der Waals surface area contributed by atoms with E-state index in [4.69, 9.17) is 22.1 Å². The van der Waals surface area contributed by atoms with Crippen molar-refractivity contribution in [2.45, 2.75) is 13.1 Å². The van der Waals surface area contributed by atoms with Crippen LogP contribution in [-0.2, 0) is 17.9 Å². The van der Waals surface area contributed by atoms with Crippen LogP contribution in [0.5, 0.6) is 5.75 Å². The van der Waals surface area contributed by atoms with Gasteiger partial charge in [-0.3, -0.25) is 4.79 Å². The average Bonchev–Trinajstić information content (AvgIpc) is 2.89. The second kappa shape index (κ2) is 5.66. The first-order chi connectivity index (χ1) is 10.1. The van der Waals surface area contributed by atoms with Gasteiger partial charge in [0.05, 0.1) is 0 Å². The van der Waals surface area contributed by atoms with Crippen LogP contribution in [0.2, 0.25) is 5.02 Å². The lowest BCUT2D eigenvalue weighted by Crippen LogP contribution is -2.30. The number of nitrogens with zero attached hydrogens (tertiary/aromatic N) is 1. The fourth-order valence-corrected chi connectivity index (χ4v) is 2.48. The maximum Gasteiger partial charge on any atom is 0.261 e. The number of hydrogen-bond donors (Lipinski definition) is 1. The molecule has 0 saturated heterocycles. The van der Waals surface area contributed by atoms with Crippen LogP contribution in [0.15, 0.2) is 42.5 Å². The lowest BCUT2D eigenvalue weighted by Gasteiger charge is -2.15. The van der Waals surface area contributed by atoms with Crippen molar-refractivity contribution in [3.63, 3.8) is 0 Å². The third-order valence-corrected chi connectivity index (χ3v) is 3.73. The fraction of sp³-hybridized carbons (Fsp3) is 0.188. The van der Waals surface area contributed by atoms with Crippen LogP contribution in [0.3, 0.4) is 0 Å². The maximum atomic E-state index is 12.2. The zero-order valence-electron chi connectivity index (χ0n) is 11.4. The van der Waals surface area contributed by atoms with Crippen molar-refractivity contribution in [3.05, 3.63) is 58.6 Å². The van der Waals surface area contributed by atoms with Crippen LogP contribution in [0.1, 0.15) is 11.1 Å². The van der Waals surface area contributed by atoms with Crippen molar-refractivity contribution in [2.24, 2.45) is 0 Å². The number of amides is 1. The molecule has 0 fully saturated rings. The topological polar surface area (TPSA) is 55.6 Å². The number of hydrogen-bond acceptors (Lipinski definition) is 3. The van der Waals surface area contributed by atoms with E-state index >= 15 is 0 Å². The normalized spacial score (nSPS) is 13.1. The third kappa shape index (κ3) is 3.11. The summed E-state index contributed by atoms with van der Waals surface area (Å²) in [5.41, 5.74) is 8.73. The number of rotatable bonds is 3. The Kier molecular flexibility index (Phi) is 3.71. The molecule has 4 nitrogen and oxygen atoms in total. The molecule has 5 heteroatoms. The van der Waals surface area contributed by atoms with E-state index in [-0.39, 0.29) is 12.5 Å². The Labute approximate surface area is 128 Å². The molecule has 0 unspecified atom stereocenters. The van der Waals surface area contributed by atoms with Gasteiger partial charge in [0.2, 0.25) is 0 Å². The van der Waals surface area contributed by atoms with Gasteiger partial charge < -0.3 is 15.4 Å². The zero-order valence-corrected chi connectivity index (χ0v) is 12.1. The van der Waals surface area contributed by atoms with Crippen LogP contribution in [0.25, 0.3) is 0 Å². The number of ether oxygens (including phenoxy) is 1. The highest BCUT2D eigenvalue weighted by Gasteiger charge is 2.23. The first-order valence-electron chi connectivity index (χ1n) is 6.65. The zero-order chi connectivity index (χ0) is 14.8. The largest absolute Gasteiger partial charge is 0.484 e. The molecule has 0 aromatic heterocycles. The Bertz CT molecular complexity index is 670. The van der Waals surface area contributed by atoms with E-state index in [1.165, 1.54) is 0 Å². The van der Waals surface area contributed by atoms with Crippen LogP contribution >= 0.6 is 11.6 Å². The fourth-order valence-electron chi connectivity index (χ4n) is 2.36. The van der Waals surface area contributed by atoms with Gasteiger partial charge in [0.1, 0.15) is 5.75 Å². The molecule has 108 valence electrons. The van der Waals surface area contributed by atoms with Gasteiger partial charge in [-0.2, -0.15) is 0 Å². The Hall–Kier alpha value is -2.20. The van der Waals surface area contributed by atoms with E-state index in [2.05, 4.69) is 0 Å². The Morgan fingerprint density at radius 1 is 1.14 bits per heavy atom. The van der Waals surface area contributed by atoms with Crippen molar-refractivity contribution in [1.82, 2.24) is 4.90 Å². The van der Waals surface area contributed by atoms with E-state index in [9.17, 15) is 4.79 Å². The number of carbonyl (C=O) groups is 1. The second-order valence-corrected chi connectivity index (χ2v) is 5.46. The highest BCUT2D eigenvalue weighted by molar-refractivity contribution is 6.30. The highest BCUT2D eigenvalue weighted by Crippen LogP contribution is 2.25. The molecule has 0 spiro atoms. The quantitative estimate of drug-likeness (QED) is 0.887. The first kappa shape index (κ1) is 13.8. The molecule has 0 bridgehead atoms. The minimum Gasteiger partial charge on any atom is -0.484 e. The summed E-state index contributed by atoms with van der Waals surface area (Å²) in [5, 5.41) is 0.640. The molecular weight excluding hydrogens is 288 g/mol. The van der Waals surface area contributed by atoms with Crippen LogP contribution < -0.4 is 10.5 Å². The number of fused-ring (bicyclic) bond motifs is 1. The lowest BCUT2D eigenvalue weighted by molar-refractivity contribution is -0.134. The summed E-state index contributed by atoms with van der Waals surface area (Å²) in [6.45, 7) is 1.21. The molecule has 1 heterocycles. The maximum absolute atomic E-state index is 12.2. The highest BCUT2D eigenvalue weighted by atomic mass is 35.5. The average molecular weight is 303 g/mol. The molecule has 2 N–H and O–H groups in total. The van der Waals surface area contributed by atoms with Crippen molar-refractivity contribution in [3.8, 4) is 5.75 Å². The molecule has 2 aromatic carbocycles. The van der Waals surface area contributed by atoms with Crippen LogP contribution in [0.4, 0.5) is 5.69 Å². The van der Waals surface area contributed by atoms with E-state index in [1.54, 1.807) is 29.2 Å². The van der Waals surface area contributed by atoms with Gasteiger partial charge in [0.25, 0.3) is 5.91 Å². The number of benzene rings is 2. The summed E-state index contributed by atoms with van der Waals surface area (Å²) < 4.78 is 5.48. The molecule has 1 amide bonds. The number of anilines is 1. The standard InChI is InChI=1S/C16H15ClN2O2/c17-13-2-5-15(6-3-13)21-10-16(20)19-8-11-1-4-14(18)7-12(11)9-19/h1-7H,8-10,18H2. The van der Waals surface area contributed by atoms with Gasteiger partial charge >= 0.3 is 0 Å². The number of halogens is 1. The molecule has 3 rings (SSSR count). The smallest absolute Gasteiger partial charge is 0.261 e. The lowest BCUT2D eigenvalue weighted by atomic mass is 10.1. The van der Waals surface area contributed by atoms with E-state index in [0.29, 0.717) is 23.9 Å². The first-order valence-corrected chi connectivity index (χ1v) is 7.03. The van der Waals surface area contributed by atoms with Crippen molar-refractivity contribution >= 4 is 23.2 Å². The van der Waals surface area contributed by atoms with Gasteiger partial charge in [0, 0.05) is 23.8 Å². The summed E-state index contributed by atoms with van der Waals surface area (Å²) >= 11 is 5.80. The van der Waals surface area contributed by atoms with Crippen LogP contribution in [0, 0.1) is 0 Å². The molecule has 0 saturated carbocycles. The summed E-state index contributed by atoms with van der Waals surface area (Å²) in [6, 6.07) is 12.7. The predicted molar refractivity (Wildman–Crippen MR) is 82.1 cm³/mol. The van der Waals surface area contributed by atoms with Gasteiger partial charge in [-0.25, -0.2) is 0 Å². The molecular formula is C16H15ClN2O2. The predicted octanol–water partition coefficient (Wildman–Crippen LogP) is 2.84. The van der Waals surface area contributed by atoms with Gasteiger partial charge in [0.15, 0.2) is 6.61 Å². The molecule has 0 radical (unpaired) electrons. The third-order valence-electron chi connectivity index (χ3n) is 3.48. The molecule has 0 aliphatic carbocycles. The Balaban J connectivity index is 1.59. The molecule has 21 heavy (non-hydrogen) atoms. The van der Waals surface area contributed by atoms with Crippen LogP contribution in [-0.4, -0.2) is 17.4 Å². The molecule has 0 atom stereocenters. The monoisotopic (exact) mass is 302 g/mol. The minimum absolute atomic E-state index is 0.0190. The summed E-state index contributed by atoms with van der Waals surface area (Å²) in [7, 11) is 0. The number of nitrogen functional groups attached to an aromatic ring is 1. The Morgan fingerprint density at radius 2 is 1.86 bits per heavy atom. The van der Waals surface area contributed by atoms with E-state index in [1.807, 2.05) is 18.2 Å². The molecule has 1 aliphatic heterocycles. The van der Waals surface area contributed by atoms with E-state index in [0.717, 1.165) is 16.8 Å². The van der Waals surface area contributed by atoms with Gasteiger partial charge in [-0.05, 0) is 47.5 Å². The summed E-state index contributed by atoms with van der Waals surface area (Å²) in [6.07, 6.45) is 0. The SMILES string of the molecule is Nc1ccc2c(c1)CN(C(=O)COc1ccc(Cl)cc1)C2. The molecule has 1 aliphatic rings. The number of nitrogens with two attached hydrogens (primary N) is 1. The second-order valence-electron chi connectivity index (χ2n) is 5.02. The Morgan fingerprint density at radius 3 is 2.62 bits per heavy atom. The van der Waals surface area contributed by atoms with E-state index < -0.39 is 0 Å². The number of carbonyl (C=O) groups excluding carboxylic acids is 1. The van der Waals surface area contributed by atoms with Gasteiger partial charge in [-0.15, -0.1) is 0 Å².